The maximum Gasteiger partial charge on any atom is 0.193 e. The summed E-state index contributed by atoms with van der Waals surface area (Å²) in [6.07, 6.45) is 24.3. The van der Waals surface area contributed by atoms with Crippen LogP contribution >= 0.6 is 7.60 Å². The van der Waals surface area contributed by atoms with Gasteiger partial charge < -0.3 is 27.9 Å². The molecule has 0 aromatic heterocycles. The lowest BCUT2D eigenvalue weighted by molar-refractivity contribution is -0.884. The fourth-order valence-electron chi connectivity index (χ4n) is 4.50. The molecule has 3 atom stereocenters. The zero-order valence-electron chi connectivity index (χ0n) is 24.7. The molecule has 0 radical (unpaired) electrons. The Morgan fingerprint density at radius 3 is 1.75 bits per heavy atom. The molecule has 0 aromatic rings. The van der Waals surface area contributed by atoms with Crippen LogP contribution in [0.4, 0.5) is 0 Å². The first-order valence-corrected chi connectivity index (χ1v) is 16.3. The minimum atomic E-state index is -3.99. The highest BCUT2D eigenvalue weighted by atomic mass is 31.2. The van der Waals surface area contributed by atoms with Gasteiger partial charge >= 0.3 is 0 Å². The van der Waals surface area contributed by atoms with E-state index in [1.54, 1.807) is 7.11 Å². The van der Waals surface area contributed by atoms with Crippen molar-refractivity contribution in [1.29, 1.82) is 0 Å². The van der Waals surface area contributed by atoms with Crippen LogP contribution in [0.1, 0.15) is 117 Å². The van der Waals surface area contributed by atoms with Crippen molar-refractivity contribution >= 4 is 7.60 Å². The summed E-state index contributed by atoms with van der Waals surface area (Å²) in [5.74, 6) is -0.567. The molecule has 0 fully saturated rings. The third kappa shape index (κ3) is 19.8. The van der Waals surface area contributed by atoms with Crippen LogP contribution < -0.4 is 4.89 Å². The number of ether oxygens (including phenoxy) is 2. The van der Waals surface area contributed by atoms with Crippen molar-refractivity contribution < 1.29 is 27.9 Å². The molecular formula is C29H60NO5P. The standard InChI is InChI=1S/C29H60NO5P/c1-7-9-10-11-12-13-14-15-16-17-18-19-20-21-22-23-24-25-34-26-28(33-6)27-35-36(31,32)29(8-2)30(3,4)5/h15-16,28-29H,7-14,17-27H2,1-6H3/b16-15-/t28-,29?/m1/s1. The smallest absolute Gasteiger partial charge is 0.193 e. The Morgan fingerprint density at radius 1 is 0.778 bits per heavy atom. The molecule has 0 bridgehead atoms. The molecule has 0 spiro atoms. The number of allylic oxidation sites excluding steroid dienone is 2. The molecule has 0 saturated heterocycles. The lowest BCUT2D eigenvalue weighted by Crippen LogP contribution is -2.47. The van der Waals surface area contributed by atoms with Crippen LogP contribution in [0.2, 0.25) is 0 Å². The van der Waals surface area contributed by atoms with Crippen LogP contribution in [-0.2, 0) is 18.6 Å². The summed E-state index contributed by atoms with van der Waals surface area (Å²) in [6, 6.07) is 0. The maximum absolute atomic E-state index is 12.6. The predicted octanol–water partition coefficient (Wildman–Crippen LogP) is 7.46. The number of unbranched alkanes of at least 4 members (excludes halogenated alkanes) is 13. The fraction of sp³-hybridized carbons (Fsp3) is 0.931. The minimum Gasteiger partial charge on any atom is -0.774 e. The number of hydrogen-bond donors (Lipinski definition) is 0. The average Bonchev–Trinajstić information content (AvgIpc) is 2.81. The molecule has 0 aromatic carbocycles. The summed E-state index contributed by atoms with van der Waals surface area (Å²) in [5, 5.41) is 0. The van der Waals surface area contributed by atoms with Crippen molar-refractivity contribution in [2.24, 2.45) is 0 Å². The third-order valence-electron chi connectivity index (χ3n) is 6.75. The SMILES string of the molecule is CCCCCCCC/C=C\CCCCCCCCCOC[C@H](COP(=O)([O-])C(CC)[N+](C)(C)C)OC. The van der Waals surface area contributed by atoms with E-state index in [9.17, 15) is 9.46 Å². The summed E-state index contributed by atoms with van der Waals surface area (Å²) in [7, 11) is 3.19. The lowest BCUT2D eigenvalue weighted by atomic mass is 10.1. The molecule has 36 heavy (non-hydrogen) atoms. The van der Waals surface area contributed by atoms with Gasteiger partial charge in [-0.2, -0.15) is 0 Å². The third-order valence-corrected chi connectivity index (χ3v) is 9.05. The van der Waals surface area contributed by atoms with Gasteiger partial charge in [0, 0.05) is 20.1 Å². The molecule has 0 rings (SSSR count). The molecule has 216 valence electrons. The molecule has 0 heterocycles. The largest absolute Gasteiger partial charge is 0.774 e. The summed E-state index contributed by atoms with van der Waals surface area (Å²) in [5.41, 5.74) is 0. The van der Waals surface area contributed by atoms with Gasteiger partial charge in [0.1, 0.15) is 6.10 Å². The van der Waals surface area contributed by atoms with Crippen molar-refractivity contribution in [2.45, 2.75) is 128 Å². The molecule has 0 aliphatic heterocycles. The number of nitrogens with zero attached hydrogens (tertiary/aromatic N) is 1. The van der Waals surface area contributed by atoms with E-state index in [0.717, 1.165) is 6.42 Å². The van der Waals surface area contributed by atoms with Crippen LogP contribution in [0.25, 0.3) is 0 Å². The van der Waals surface area contributed by atoms with E-state index in [4.69, 9.17) is 14.0 Å². The first-order chi connectivity index (χ1) is 17.2. The van der Waals surface area contributed by atoms with Gasteiger partial charge in [-0.05, 0) is 32.1 Å². The average molecular weight is 534 g/mol. The Bertz CT molecular complexity index is 564. The fourth-order valence-corrected chi connectivity index (χ4v) is 6.34. The number of hydrogen-bond acceptors (Lipinski definition) is 5. The predicted molar refractivity (Wildman–Crippen MR) is 151 cm³/mol. The first kappa shape index (κ1) is 35.8. The van der Waals surface area contributed by atoms with Gasteiger partial charge in [0.15, 0.2) is 13.4 Å². The Hall–Kier alpha value is -0.230. The molecule has 6 nitrogen and oxygen atoms in total. The van der Waals surface area contributed by atoms with Crippen LogP contribution in [-0.4, -0.2) is 64.4 Å². The zero-order chi connectivity index (χ0) is 27.1. The van der Waals surface area contributed by atoms with Gasteiger partial charge in [0.25, 0.3) is 0 Å². The van der Waals surface area contributed by atoms with Crippen LogP contribution in [0.5, 0.6) is 0 Å². The van der Waals surface area contributed by atoms with E-state index < -0.39 is 13.4 Å². The normalized spacial score (nSPS) is 15.9. The Labute approximate surface area is 224 Å². The van der Waals surface area contributed by atoms with E-state index in [1.165, 1.54) is 89.9 Å². The van der Waals surface area contributed by atoms with Crippen molar-refractivity contribution in [2.75, 3.05) is 48.1 Å². The van der Waals surface area contributed by atoms with Gasteiger partial charge in [-0.25, -0.2) is 0 Å². The van der Waals surface area contributed by atoms with Crippen molar-refractivity contribution in [3.63, 3.8) is 0 Å². The highest BCUT2D eigenvalue weighted by molar-refractivity contribution is 7.51. The quantitative estimate of drug-likeness (QED) is 0.0500. The highest BCUT2D eigenvalue weighted by Crippen LogP contribution is 2.47. The van der Waals surface area contributed by atoms with Crippen LogP contribution in [0.15, 0.2) is 12.2 Å². The Balaban J connectivity index is 3.65. The van der Waals surface area contributed by atoms with Gasteiger partial charge in [0.05, 0.1) is 34.4 Å². The van der Waals surface area contributed by atoms with Gasteiger partial charge in [-0.1, -0.05) is 90.2 Å². The van der Waals surface area contributed by atoms with Crippen molar-refractivity contribution in [3.8, 4) is 0 Å². The van der Waals surface area contributed by atoms with Crippen molar-refractivity contribution in [3.05, 3.63) is 12.2 Å². The Morgan fingerprint density at radius 2 is 1.28 bits per heavy atom. The second-order valence-electron chi connectivity index (χ2n) is 11.1. The summed E-state index contributed by atoms with van der Waals surface area (Å²) >= 11 is 0. The van der Waals surface area contributed by atoms with E-state index in [1.807, 2.05) is 28.1 Å². The molecule has 0 N–H and O–H groups in total. The van der Waals surface area contributed by atoms with E-state index in [-0.39, 0.29) is 12.7 Å². The summed E-state index contributed by atoms with van der Waals surface area (Å²) in [6.45, 7) is 5.17. The highest BCUT2D eigenvalue weighted by Gasteiger charge is 2.34. The van der Waals surface area contributed by atoms with Gasteiger partial charge in [0.2, 0.25) is 0 Å². The number of quaternary nitrogens is 1. The molecular weight excluding hydrogens is 473 g/mol. The van der Waals surface area contributed by atoms with Gasteiger partial charge in [-0.15, -0.1) is 0 Å². The second kappa shape index (κ2) is 22.7. The molecule has 0 amide bonds. The Kier molecular flexibility index (Phi) is 22.6. The minimum absolute atomic E-state index is 0.00200. The lowest BCUT2D eigenvalue weighted by Gasteiger charge is -2.41. The van der Waals surface area contributed by atoms with Crippen LogP contribution in [0.3, 0.4) is 0 Å². The topological polar surface area (TPSA) is 67.8 Å². The summed E-state index contributed by atoms with van der Waals surface area (Å²) in [4.78, 5) is 12.6. The molecule has 7 heteroatoms. The molecule has 0 aliphatic carbocycles. The monoisotopic (exact) mass is 533 g/mol. The van der Waals surface area contributed by atoms with Crippen molar-refractivity contribution in [1.82, 2.24) is 0 Å². The van der Waals surface area contributed by atoms with E-state index in [0.29, 0.717) is 24.1 Å². The van der Waals surface area contributed by atoms with Gasteiger partial charge in [-0.3, -0.25) is 0 Å². The van der Waals surface area contributed by atoms with E-state index in [2.05, 4.69) is 19.1 Å². The summed E-state index contributed by atoms with van der Waals surface area (Å²) < 4.78 is 29.3. The maximum atomic E-state index is 12.6. The zero-order valence-corrected chi connectivity index (χ0v) is 25.6. The first-order valence-electron chi connectivity index (χ1n) is 14.7. The molecule has 0 saturated carbocycles. The van der Waals surface area contributed by atoms with E-state index >= 15 is 0 Å². The van der Waals surface area contributed by atoms with Crippen LogP contribution in [0, 0.1) is 0 Å². The molecule has 0 aliphatic rings. The second-order valence-corrected chi connectivity index (χ2v) is 13.0. The number of rotatable bonds is 26. The molecule has 2 unspecified atom stereocenters. The number of methoxy groups -OCH3 is 1.